The summed E-state index contributed by atoms with van der Waals surface area (Å²) in [5.74, 6) is -0.0271. The number of hydrogen-bond donors (Lipinski definition) is 0. The molecule has 0 unspecified atom stereocenters. The molecule has 18 heavy (non-hydrogen) atoms. The third kappa shape index (κ3) is 2.84. The van der Waals surface area contributed by atoms with Crippen molar-refractivity contribution in [2.24, 2.45) is 4.99 Å². The minimum absolute atomic E-state index is 0.0271. The number of aliphatic imine (C=N–C) groups is 1. The second-order valence-corrected chi connectivity index (χ2v) is 4.24. The topological polar surface area (TPSA) is 77.8 Å². The number of piperidine rings is 1. The van der Waals surface area contributed by atoms with Gasteiger partial charge in [-0.25, -0.2) is 0 Å². The molecule has 8 heteroatoms. The van der Waals surface area contributed by atoms with Gasteiger partial charge >= 0.3 is 11.0 Å². The summed E-state index contributed by atoms with van der Waals surface area (Å²) in [6, 6.07) is 0. The molecule has 1 fully saturated rings. The Labute approximate surface area is 110 Å². The maximum atomic E-state index is 11.2. The highest BCUT2D eigenvalue weighted by molar-refractivity contribution is 6.30. The molecular formula is C10H15ClN4O3. The van der Waals surface area contributed by atoms with Crippen LogP contribution in [0.1, 0.15) is 26.2 Å². The van der Waals surface area contributed by atoms with Gasteiger partial charge in [0.15, 0.2) is 6.08 Å². The Morgan fingerprint density at radius 2 is 2.28 bits per heavy atom. The van der Waals surface area contributed by atoms with Gasteiger partial charge in [-0.05, 0) is 25.9 Å². The molecule has 1 aliphatic heterocycles. The average Bonchev–Trinajstić information content (AvgIpc) is 2.72. The van der Waals surface area contributed by atoms with Gasteiger partial charge in [0.2, 0.25) is 5.27 Å². The van der Waals surface area contributed by atoms with Gasteiger partial charge in [-0.1, -0.05) is 6.92 Å². The van der Waals surface area contributed by atoms with E-state index in [1.165, 1.54) is 11.2 Å². The molecule has 2 heterocycles. The smallest absolute Gasteiger partial charge is 0.402 e. The largest absolute Gasteiger partial charge is 0.600 e. The van der Waals surface area contributed by atoms with Crippen LogP contribution in [0.2, 0.25) is 5.15 Å². The summed E-state index contributed by atoms with van der Waals surface area (Å²) in [6.07, 6.45) is 2.63. The van der Waals surface area contributed by atoms with Crippen LogP contribution in [0.5, 0.6) is 0 Å². The lowest BCUT2D eigenvalue weighted by molar-refractivity contribution is -0.757. The zero-order valence-electron chi connectivity index (χ0n) is 10.1. The molecule has 1 aromatic heterocycles. The lowest BCUT2D eigenvalue weighted by Gasteiger charge is -2.18. The number of halogens is 1. The van der Waals surface area contributed by atoms with Crippen LogP contribution in [-0.4, -0.2) is 31.1 Å². The van der Waals surface area contributed by atoms with Crippen LogP contribution < -0.4 is 14.9 Å². The van der Waals surface area contributed by atoms with Crippen molar-refractivity contribution in [3.63, 3.8) is 0 Å². The summed E-state index contributed by atoms with van der Waals surface area (Å²) >= 11 is 6.07. The Kier molecular flexibility index (Phi) is 4.24. The van der Waals surface area contributed by atoms with Crippen LogP contribution in [0.15, 0.2) is 9.52 Å². The Morgan fingerprint density at radius 1 is 1.56 bits per heavy atom. The van der Waals surface area contributed by atoms with E-state index in [1.54, 1.807) is 6.92 Å². The fourth-order valence-corrected chi connectivity index (χ4v) is 2.00. The average molecular weight is 275 g/mol. The minimum Gasteiger partial charge on any atom is -0.600 e. The van der Waals surface area contributed by atoms with Gasteiger partial charge in [-0.2, -0.15) is 10.0 Å². The lowest BCUT2D eigenvalue weighted by Crippen LogP contribution is -2.61. The normalized spacial score (nSPS) is 17.0. The molecule has 1 aliphatic rings. The quantitative estimate of drug-likeness (QED) is 0.444. The van der Waals surface area contributed by atoms with E-state index in [0.29, 0.717) is 0 Å². The highest BCUT2D eigenvalue weighted by Crippen LogP contribution is 2.20. The van der Waals surface area contributed by atoms with Gasteiger partial charge in [0.1, 0.15) is 0 Å². The molecule has 0 bridgehead atoms. The molecule has 7 nitrogen and oxygen atoms in total. The molecule has 0 saturated carbocycles. The molecule has 0 N–H and O–H groups in total. The standard InChI is InChI=1S/C10H15ClN4O3/c1-2-17-10(16)12-9-8(11)15(13-18-9)14-6-4-3-5-7-14/h2-7H2,1H3. The molecule has 1 saturated heterocycles. The number of hydrogen-bond acceptors (Lipinski definition) is 6. The highest BCUT2D eigenvalue weighted by Gasteiger charge is 2.30. The van der Waals surface area contributed by atoms with Gasteiger partial charge in [-0.3, -0.25) is 4.52 Å². The van der Waals surface area contributed by atoms with E-state index in [4.69, 9.17) is 16.1 Å². The minimum atomic E-state index is -0.735. The molecule has 1 aromatic rings. The van der Waals surface area contributed by atoms with Crippen molar-refractivity contribution in [3.05, 3.63) is 5.15 Å². The highest BCUT2D eigenvalue weighted by atomic mass is 35.5. The first-order chi connectivity index (χ1) is 8.72. The molecule has 0 aromatic carbocycles. The Hall–Kier alpha value is -1.50. The first-order valence-electron chi connectivity index (χ1n) is 5.93. The molecular weight excluding hydrogens is 260 g/mol. The fourth-order valence-electron chi connectivity index (χ4n) is 1.78. The molecule has 0 radical (unpaired) electrons. The molecule has 0 atom stereocenters. The van der Waals surface area contributed by atoms with E-state index in [2.05, 4.69) is 15.0 Å². The zero-order chi connectivity index (χ0) is 13.0. The van der Waals surface area contributed by atoms with Gasteiger partial charge in [0, 0.05) is 11.6 Å². The summed E-state index contributed by atoms with van der Waals surface area (Å²) in [7, 11) is 0. The van der Waals surface area contributed by atoms with Crippen LogP contribution in [0.25, 0.3) is 0 Å². The van der Waals surface area contributed by atoms with Crippen molar-refractivity contribution in [2.45, 2.75) is 26.2 Å². The maximum Gasteiger partial charge on any atom is 0.402 e. The zero-order valence-corrected chi connectivity index (χ0v) is 10.9. The maximum absolute atomic E-state index is 11.2. The van der Waals surface area contributed by atoms with Gasteiger partial charge in [0.05, 0.1) is 17.9 Å². The van der Waals surface area contributed by atoms with Crippen LogP contribution in [0, 0.1) is 0 Å². The summed E-state index contributed by atoms with van der Waals surface area (Å²) in [5, 5.41) is 17.1. The summed E-state index contributed by atoms with van der Waals surface area (Å²) in [6.45, 7) is 3.66. The fraction of sp³-hybridized carbons (Fsp3) is 0.700. The van der Waals surface area contributed by atoms with Crippen molar-refractivity contribution in [3.8, 4) is 0 Å². The number of aromatic nitrogens is 2. The number of nitrogens with zero attached hydrogens (tertiary/aromatic N) is 4. The van der Waals surface area contributed by atoms with Gasteiger partial charge in [0.25, 0.3) is 0 Å². The van der Waals surface area contributed by atoms with Crippen molar-refractivity contribution in [2.75, 3.05) is 24.7 Å². The van der Waals surface area contributed by atoms with Crippen LogP contribution in [0.4, 0.5) is 5.88 Å². The summed E-state index contributed by atoms with van der Waals surface area (Å²) < 4.78 is 9.62. The molecule has 0 aliphatic carbocycles. The van der Waals surface area contributed by atoms with E-state index < -0.39 is 6.08 Å². The number of rotatable bonds is 3. The van der Waals surface area contributed by atoms with Crippen LogP contribution >= 0.6 is 11.6 Å². The third-order valence-electron chi connectivity index (χ3n) is 2.62. The first kappa shape index (κ1) is 12.9. The van der Waals surface area contributed by atoms with Gasteiger partial charge < -0.3 is 9.84 Å². The van der Waals surface area contributed by atoms with E-state index in [-0.39, 0.29) is 17.6 Å². The lowest BCUT2D eigenvalue weighted by atomic mass is 10.2. The van der Waals surface area contributed by atoms with E-state index >= 15 is 0 Å². The van der Waals surface area contributed by atoms with Crippen LogP contribution in [0.3, 0.4) is 0 Å². The van der Waals surface area contributed by atoms with Gasteiger partial charge in [-0.15, -0.1) is 0 Å². The van der Waals surface area contributed by atoms with Crippen molar-refractivity contribution < 1.29 is 19.2 Å². The first-order valence-corrected chi connectivity index (χ1v) is 6.31. The Bertz CT molecular complexity index is 429. The Balaban J connectivity index is 2.15. The van der Waals surface area contributed by atoms with E-state index in [9.17, 15) is 5.11 Å². The summed E-state index contributed by atoms with van der Waals surface area (Å²) in [4.78, 5) is 5.04. The predicted octanol–water partition coefficient (Wildman–Crippen LogP) is 0.122. The third-order valence-corrected chi connectivity index (χ3v) is 2.93. The molecule has 0 spiro atoms. The van der Waals surface area contributed by atoms with Crippen molar-refractivity contribution in [1.82, 2.24) is 5.27 Å². The SMILES string of the molecule is CCOC([O-])=Nc1on[n+](N2CCCCC2)c1Cl. The van der Waals surface area contributed by atoms with Crippen molar-refractivity contribution in [1.29, 1.82) is 0 Å². The predicted molar refractivity (Wildman–Crippen MR) is 62.2 cm³/mol. The monoisotopic (exact) mass is 274 g/mol. The molecule has 0 amide bonds. The second kappa shape index (κ2) is 5.90. The van der Waals surface area contributed by atoms with E-state index in [0.717, 1.165) is 25.9 Å². The van der Waals surface area contributed by atoms with Crippen LogP contribution in [-0.2, 0) is 4.74 Å². The van der Waals surface area contributed by atoms with Crippen molar-refractivity contribution >= 4 is 23.6 Å². The Morgan fingerprint density at radius 3 is 2.94 bits per heavy atom. The second-order valence-electron chi connectivity index (χ2n) is 3.88. The molecule has 2 rings (SSSR count). The van der Waals surface area contributed by atoms with E-state index in [1.807, 2.05) is 5.01 Å². The summed E-state index contributed by atoms with van der Waals surface area (Å²) in [5.41, 5.74) is 0. The molecule has 100 valence electrons. The number of ether oxygens (including phenoxy) is 1.